The van der Waals surface area contributed by atoms with E-state index in [0.717, 1.165) is 11.3 Å². The van der Waals surface area contributed by atoms with Gasteiger partial charge >= 0.3 is 0 Å². The number of para-hydroxylation sites is 1. The van der Waals surface area contributed by atoms with Gasteiger partial charge in [-0.05, 0) is 23.8 Å². The van der Waals surface area contributed by atoms with Crippen LogP contribution in [0.15, 0.2) is 47.1 Å². The van der Waals surface area contributed by atoms with Crippen LogP contribution < -0.4 is 4.90 Å². The van der Waals surface area contributed by atoms with E-state index in [1.54, 1.807) is 26.8 Å². The van der Waals surface area contributed by atoms with Crippen LogP contribution in [-0.2, 0) is 16.0 Å². The van der Waals surface area contributed by atoms with Crippen LogP contribution in [0.2, 0.25) is 0 Å². The quantitative estimate of drug-likeness (QED) is 0.807. The third kappa shape index (κ3) is 3.09. The summed E-state index contributed by atoms with van der Waals surface area (Å²) in [7, 11) is 0. The highest BCUT2D eigenvalue weighted by atomic mass is 16.3. The lowest BCUT2D eigenvalue weighted by Crippen LogP contribution is -2.56. The van der Waals surface area contributed by atoms with Crippen LogP contribution in [-0.4, -0.2) is 59.7 Å². The van der Waals surface area contributed by atoms with Crippen molar-refractivity contribution in [2.75, 3.05) is 31.1 Å². The van der Waals surface area contributed by atoms with Gasteiger partial charge in [0.25, 0.3) is 5.91 Å². The number of hydrogen-bond donors (Lipinski definition) is 0. The number of nitrogens with zero attached hydrogens (tertiary/aromatic N) is 3. The number of rotatable bonds is 2. The number of anilines is 1. The third-order valence-electron chi connectivity index (χ3n) is 5.21. The number of fused-ring (bicyclic) bond motifs is 1. The van der Waals surface area contributed by atoms with Gasteiger partial charge in [-0.1, -0.05) is 18.2 Å². The summed E-state index contributed by atoms with van der Waals surface area (Å²) in [4.78, 5) is 42.7. The SMILES string of the molecule is CC(=O)N1c2ccccc2CC1C(=O)N1CCN(C(=O)c2ccco2)CC1. The van der Waals surface area contributed by atoms with Crippen molar-refractivity contribution in [3.05, 3.63) is 54.0 Å². The summed E-state index contributed by atoms with van der Waals surface area (Å²) in [6.45, 7) is 3.28. The average Bonchev–Trinajstić information content (AvgIpc) is 3.34. The Morgan fingerprint density at radius 3 is 2.33 bits per heavy atom. The summed E-state index contributed by atoms with van der Waals surface area (Å²) < 4.78 is 5.16. The number of hydrogen-bond acceptors (Lipinski definition) is 4. The maximum absolute atomic E-state index is 13.1. The molecule has 0 N–H and O–H groups in total. The van der Waals surface area contributed by atoms with E-state index in [1.165, 1.54) is 13.2 Å². The third-order valence-corrected chi connectivity index (χ3v) is 5.21. The Balaban J connectivity index is 1.44. The fourth-order valence-electron chi connectivity index (χ4n) is 3.87. The van der Waals surface area contributed by atoms with Gasteiger partial charge in [0.15, 0.2) is 5.76 Å². The van der Waals surface area contributed by atoms with E-state index >= 15 is 0 Å². The molecule has 2 aromatic rings. The van der Waals surface area contributed by atoms with Crippen molar-refractivity contribution in [2.45, 2.75) is 19.4 Å². The van der Waals surface area contributed by atoms with Crippen molar-refractivity contribution in [3.8, 4) is 0 Å². The molecule has 0 spiro atoms. The largest absolute Gasteiger partial charge is 0.459 e. The molecule has 1 saturated heterocycles. The molecule has 0 radical (unpaired) electrons. The molecule has 0 bridgehead atoms. The molecular formula is C20H21N3O4. The lowest BCUT2D eigenvalue weighted by molar-refractivity contribution is -0.135. The monoisotopic (exact) mass is 367 g/mol. The molecule has 2 aliphatic rings. The molecule has 4 rings (SSSR count). The standard InChI is InChI=1S/C20H21N3O4/c1-14(24)23-16-6-3-2-5-15(16)13-17(23)19(25)21-8-10-22(11-9-21)20(26)18-7-4-12-27-18/h2-7,12,17H,8-11,13H2,1H3. The van der Waals surface area contributed by atoms with E-state index in [4.69, 9.17) is 4.42 Å². The number of piperazine rings is 1. The summed E-state index contributed by atoms with van der Waals surface area (Å²) >= 11 is 0. The van der Waals surface area contributed by atoms with Crippen LogP contribution in [0, 0.1) is 0 Å². The molecule has 140 valence electrons. The normalized spacial score (nSPS) is 19.1. The molecular weight excluding hydrogens is 346 g/mol. The first kappa shape index (κ1) is 17.3. The van der Waals surface area contributed by atoms with Crippen molar-refractivity contribution < 1.29 is 18.8 Å². The maximum Gasteiger partial charge on any atom is 0.289 e. The van der Waals surface area contributed by atoms with E-state index in [1.807, 2.05) is 24.3 Å². The summed E-state index contributed by atoms with van der Waals surface area (Å²) in [5.41, 5.74) is 1.83. The number of carbonyl (C=O) groups is 3. The predicted molar refractivity (Wildman–Crippen MR) is 98.3 cm³/mol. The Labute approximate surface area is 157 Å². The Morgan fingerprint density at radius 1 is 0.963 bits per heavy atom. The van der Waals surface area contributed by atoms with Crippen LogP contribution in [0.5, 0.6) is 0 Å². The van der Waals surface area contributed by atoms with Gasteiger partial charge in [-0.25, -0.2) is 0 Å². The van der Waals surface area contributed by atoms with Crippen LogP contribution in [0.3, 0.4) is 0 Å². The molecule has 3 heterocycles. The number of amides is 3. The first-order valence-corrected chi connectivity index (χ1v) is 9.05. The smallest absolute Gasteiger partial charge is 0.289 e. The topological polar surface area (TPSA) is 74.1 Å². The Kier molecular flexibility index (Phi) is 4.43. The van der Waals surface area contributed by atoms with Crippen molar-refractivity contribution >= 4 is 23.4 Å². The lowest BCUT2D eigenvalue weighted by atomic mass is 10.1. The van der Waals surface area contributed by atoms with Gasteiger partial charge in [0, 0.05) is 45.2 Å². The molecule has 27 heavy (non-hydrogen) atoms. The lowest BCUT2D eigenvalue weighted by Gasteiger charge is -2.37. The van der Waals surface area contributed by atoms with Gasteiger partial charge in [-0.2, -0.15) is 0 Å². The van der Waals surface area contributed by atoms with Crippen LogP contribution in [0.4, 0.5) is 5.69 Å². The Bertz CT molecular complexity index is 869. The Hall–Kier alpha value is -3.09. The minimum atomic E-state index is -0.507. The molecule has 0 saturated carbocycles. The maximum atomic E-state index is 13.1. The molecule has 1 aromatic carbocycles. The highest BCUT2D eigenvalue weighted by Gasteiger charge is 2.39. The second kappa shape index (κ2) is 6.90. The molecule has 0 aliphatic carbocycles. The first-order chi connectivity index (χ1) is 13.1. The van der Waals surface area contributed by atoms with Gasteiger partial charge < -0.3 is 14.2 Å². The van der Waals surface area contributed by atoms with E-state index in [-0.39, 0.29) is 17.7 Å². The van der Waals surface area contributed by atoms with Gasteiger partial charge in [-0.3, -0.25) is 19.3 Å². The highest BCUT2D eigenvalue weighted by molar-refractivity contribution is 6.02. The van der Waals surface area contributed by atoms with Crippen LogP contribution in [0.1, 0.15) is 23.0 Å². The number of benzene rings is 1. The predicted octanol–water partition coefficient (Wildman–Crippen LogP) is 1.54. The highest BCUT2D eigenvalue weighted by Crippen LogP contribution is 2.33. The van der Waals surface area contributed by atoms with E-state index < -0.39 is 6.04 Å². The number of carbonyl (C=O) groups excluding carboxylic acids is 3. The van der Waals surface area contributed by atoms with Crippen LogP contribution >= 0.6 is 0 Å². The molecule has 3 amide bonds. The zero-order chi connectivity index (χ0) is 19.0. The van der Waals surface area contributed by atoms with Crippen molar-refractivity contribution in [1.82, 2.24) is 9.80 Å². The molecule has 1 fully saturated rings. The average molecular weight is 367 g/mol. The summed E-state index contributed by atoms with van der Waals surface area (Å²) in [6.07, 6.45) is 2.00. The van der Waals surface area contributed by atoms with Crippen LogP contribution in [0.25, 0.3) is 0 Å². The molecule has 1 atom stereocenters. The Morgan fingerprint density at radius 2 is 1.67 bits per heavy atom. The second-order valence-corrected chi connectivity index (χ2v) is 6.83. The van der Waals surface area contributed by atoms with E-state index in [9.17, 15) is 14.4 Å². The summed E-state index contributed by atoms with van der Waals surface area (Å²) in [6, 6.07) is 10.4. The summed E-state index contributed by atoms with van der Waals surface area (Å²) in [5.74, 6) is -0.0501. The first-order valence-electron chi connectivity index (χ1n) is 9.05. The molecule has 7 heteroatoms. The van der Waals surface area contributed by atoms with Gasteiger partial charge in [-0.15, -0.1) is 0 Å². The molecule has 7 nitrogen and oxygen atoms in total. The van der Waals surface area contributed by atoms with Crippen molar-refractivity contribution in [1.29, 1.82) is 0 Å². The molecule has 1 unspecified atom stereocenters. The number of furan rings is 1. The van der Waals surface area contributed by atoms with E-state index in [2.05, 4.69) is 0 Å². The minimum Gasteiger partial charge on any atom is -0.459 e. The fraction of sp³-hybridized carbons (Fsp3) is 0.350. The summed E-state index contributed by atoms with van der Waals surface area (Å²) in [5, 5.41) is 0. The van der Waals surface area contributed by atoms with Gasteiger partial charge in [0.2, 0.25) is 11.8 Å². The van der Waals surface area contributed by atoms with E-state index in [0.29, 0.717) is 38.4 Å². The fourth-order valence-corrected chi connectivity index (χ4v) is 3.87. The van der Waals surface area contributed by atoms with Crippen molar-refractivity contribution in [3.63, 3.8) is 0 Å². The van der Waals surface area contributed by atoms with Crippen molar-refractivity contribution in [2.24, 2.45) is 0 Å². The van der Waals surface area contributed by atoms with Gasteiger partial charge in [0.05, 0.1) is 6.26 Å². The zero-order valence-corrected chi connectivity index (χ0v) is 15.1. The second-order valence-electron chi connectivity index (χ2n) is 6.83. The molecule has 2 aliphatic heterocycles. The molecule has 1 aromatic heterocycles. The van der Waals surface area contributed by atoms with Gasteiger partial charge in [0.1, 0.15) is 6.04 Å². The zero-order valence-electron chi connectivity index (χ0n) is 15.1. The minimum absolute atomic E-state index is 0.0634.